The fourth-order valence-electron chi connectivity index (χ4n) is 2.14. The number of furan rings is 2. The normalized spacial score (nSPS) is 11.7. The zero-order chi connectivity index (χ0) is 19.3. The van der Waals surface area contributed by atoms with E-state index < -0.39 is 15.9 Å². The van der Waals surface area contributed by atoms with E-state index in [1.54, 1.807) is 42.5 Å². The van der Waals surface area contributed by atoms with Crippen molar-refractivity contribution in [3.8, 4) is 0 Å². The highest BCUT2D eigenvalue weighted by atomic mass is 32.2. The Hall–Kier alpha value is -3.17. The van der Waals surface area contributed by atoms with Gasteiger partial charge in [0.2, 0.25) is 10.0 Å². The van der Waals surface area contributed by atoms with Crippen LogP contribution in [-0.2, 0) is 16.6 Å². The van der Waals surface area contributed by atoms with Gasteiger partial charge in [0, 0.05) is 0 Å². The summed E-state index contributed by atoms with van der Waals surface area (Å²) >= 11 is 0. The maximum absolute atomic E-state index is 12.2. The van der Waals surface area contributed by atoms with Crippen LogP contribution in [0.5, 0.6) is 0 Å². The van der Waals surface area contributed by atoms with Gasteiger partial charge in [-0.1, -0.05) is 17.7 Å². The molecule has 0 saturated carbocycles. The minimum Gasteiger partial charge on any atom is -0.459 e. The summed E-state index contributed by atoms with van der Waals surface area (Å²) in [6, 6.07) is 12.9. The topological polar surface area (TPSA) is 114 Å². The fraction of sp³-hybridized carbons (Fsp3) is 0.111. The number of hydrazone groups is 1. The summed E-state index contributed by atoms with van der Waals surface area (Å²) in [4.78, 5) is 11.8. The number of benzene rings is 1. The Morgan fingerprint density at radius 3 is 2.63 bits per heavy atom. The summed E-state index contributed by atoms with van der Waals surface area (Å²) in [5, 5.41) is 3.76. The molecule has 3 aromatic rings. The lowest BCUT2D eigenvalue weighted by Crippen LogP contribution is -2.22. The number of amides is 1. The Morgan fingerprint density at radius 1 is 1.15 bits per heavy atom. The number of nitrogens with zero attached hydrogens (tertiary/aromatic N) is 1. The minimum absolute atomic E-state index is 0.0111. The molecule has 0 unspecified atom stereocenters. The Kier molecular flexibility index (Phi) is 5.53. The van der Waals surface area contributed by atoms with Crippen LogP contribution in [0.2, 0.25) is 0 Å². The first-order valence-corrected chi connectivity index (χ1v) is 9.44. The lowest BCUT2D eigenvalue weighted by atomic mass is 10.2. The summed E-state index contributed by atoms with van der Waals surface area (Å²) in [6.45, 7) is 1.87. The highest BCUT2D eigenvalue weighted by Gasteiger charge is 2.14. The van der Waals surface area contributed by atoms with Crippen LogP contribution >= 0.6 is 0 Å². The van der Waals surface area contributed by atoms with Gasteiger partial charge in [-0.2, -0.15) is 5.10 Å². The number of hydrogen-bond acceptors (Lipinski definition) is 6. The van der Waals surface area contributed by atoms with Crippen molar-refractivity contribution in [2.24, 2.45) is 5.10 Å². The molecule has 0 aliphatic rings. The standard InChI is InChI=1S/C18H17N3O5S/c1-13-4-8-16(9-5-13)27(23,24)20-12-15-7-6-14(26-15)11-19-21-18(22)17-3-2-10-25-17/h2-11,20H,12H2,1H3,(H,21,22)/b19-11+. The highest BCUT2D eigenvalue weighted by molar-refractivity contribution is 7.89. The highest BCUT2D eigenvalue weighted by Crippen LogP contribution is 2.12. The smallest absolute Gasteiger partial charge is 0.307 e. The Balaban J connectivity index is 1.55. The molecule has 0 radical (unpaired) electrons. The van der Waals surface area contributed by atoms with E-state index in [9.17, 15) is 13.2 Å². The molecule has 0 fully saturated rings. The van der Waals surface area contributed by atoms with Gasteiger partial charge in [-0.25, -0.2) is 18.6 Å². The lowest BCUT2D eigenvalue weighted by Gasteiger charge is -2.05. The van der Waals surface area contributed by atoms with Crippen LogP contribution in [0.4, 0.5) is 0 Å². The maximum atomic E-state index is 12.2. The molecule has 2 aromatic heterocycles. The van der Waals surface area contributed by atoms with Gasteiger partial charge in [-0.05, 0) is 43.3 Å². The van der Waals surface area contributed by atoms with Gasteiger partial charge in [0.05, 0.1) is 23.9 Å². The van der Waals surface area contributed by atoms with Crippen LogP contribution < -0.4 is 10.1 Å². The van der Waals surface area contributed by atoms with E-state index in [1.807, 2.05) is 6.92 Å². The van der Waals surface area contributed by atoms with Crippen LogP contribution in [0.15, 0.2) is 73.6 Å². The second-order valence-electron chi connectivity index (χ2n) is 5.62. The van der Waals surface area contributed by atoms with Crippen molar-refractivity contribution >= 4 is 22.1 Å². The molecule has 1 aromatic carbocycles. The fourth-order valence-corrected chi connectivity index (χ4v) is 3.14. The van der Waals surface area contributed by atoms with Crippen molar-refractivity contribution < 1.29 is 22.0 Å². The third-order valence-corrected chi connectivity index (χ3v) is 4.97. The number of aryl methyl sites for hydroxylation is 1. The average molecular weight is 387 g/mol. The number of hydrogen-bond donors (Lipinski definition) is 2. The van der Waals surface area contributed by atoms with E-state index >= 15 is 0 Å². The molecule has 0 bridgehead atoms. The minimum atomic E-state index is -3.63. The molecule has 2 N–H and O–H groups in total. The molecule has 0 saturated heterocycles. The molecular formula is C18H17N3O5S. The van der Waals surface area contributed by atoms with Crippen molar-refractivity contribution in [2.75, 3.05) is 0 Å². The van der Waals surface area contributed by atoms with Crippen molar-refractivity contribution in [2.45, 2.75) is 18.4 Å². The maximum Gasteiger partial charge on any atom is 0.307 e. The number of nitrogens with one attached hydrogen (secondary N) is 2. The van der Waals surface area contributed by atoms with Gasteiger partial charge >= 0.3 is 5.91 Å². The molecule has 9 heteroatoms. The zero-order valence-corrected chi connectivity index (χ0v) is 15.2. The lowest BCUT2D eigenvalue weighted by molar-refractivity contribution is 0.0927. The second-order valence-corrected chi connectivity index (χ2v) is 7.39. The van der Waals surface area contributed by atoms with Gasteiger partial charge in [-0.3, -0.25) is 4.79 Å². The third kappa shape index (κ3) is 4.93. The van der Waals surface area contributed by atoms with E-state index in [2.05, 4.69) is 15.2 Å². The van der Waals surface area contributed by atoms with E-state index in [0.29, 0.717) is 11.5 Å². The molecule has 0 spiro atoms. The van der Waals surface area contributed by atoms with Crippen LogP contribution in [0.1, 0.15) is 27.6 Å². The summed E-state index contributed by atoms with van der Waals surface area (Å²) in [5.74, 6) is 0.412. The quantitative estimate of drug-likeness (QED) is 0.477. The Bertz CT molecular complexity index is 1040. The van der Waals surface area contributed by atoms with Gasteiger partial charge in [0.25, 0.3) is 0 Å². The van der Waals surface area contributed by atoms with Crippen molar-refractivity contribution in [1.29, 1.82) is 0 Å². The van der Waals surface area contributed by atoms with Crippen LogP contribution in [0.25, 0.3) is 0 Å². The molecule has 0 atom stereocenters. The molecule has 0 aliphatic carbocycles. The first-order valence-electron chi connectivity index (χ1n) is 7.96. The molecule has 2 heterocycles. The van der Waals surface area contributed by atoms with E-state index in [0.717, 1.165) is 5.56 Å². The van der Waals surface area contributed by atoms with E-state index in [-0.39, 0.29) is 17.2 Å². The van der Waals surface area contributed by atoms with Gasteiger partial charge in [-0.15, -0.1) is 0 Å². The van der Waals surface area contributed by atoms with Gasteiger partial charge in [0.1, 0.15) is 11.5 Å². The second kappa shape index (κ2) is 8.02. The van der Waals surface area contributed by atoms with Crippen LogP contribution in [0, 0.1) is 6.92 Å². The van der Waals surface area contributed by atoms with E-state index in [1.165, 1.54) is 18.5 Å². The van der Waals surface area contributed by atoms with E-state index in [4.69, 9.17) is 8.83 Å². The Labute approximate surface area is 155 Å². The van der Waals surface area contributed by atoms with Crippen molar-refractivity contribution in [3.05, 3.63) is 77.6 Å². The molecule has 8 nitrogen and oxygen atoms in total. The number of carbonyl (C=O) groups excluding carboxylic acids is 1. The Morgan fingerprint density at radius 2 is 1.93 bits per heavy atom. The third-order valence-electron chi connectivity index (χ3n) is 3.55. The molecular weight excluding hydrogens is 370 g/mol. The first-order chi connectivity index (χ1) is 12.9. The number of sulfonamides is 1. The summed E-state index contributed by atoms with van der Waals surface area (Å²) in [7, 11) is -3.63. The van der Waals surface area contributed by atoms with Crippen molar-refractivity contribution in [1.82, 2.24) is 10.1 Å². The number of carbonyl (C=O) groups is 1. The predicted octanol–water partition coefficient (Wildman–Crippen LogP) is 2.42. The molecule has 0 aliphatic heterocycles. The largest absolute Gasteiger partial charge is 0.459 e. The van der Waals surface area contributed by atoms with Crippen LogP contribution in [0.3, 0.4) is 0 Å². The first kappa shape index (κ1) is 18.6. The summed E-state index contributed by atoms with van der Waals surface area (Å²) in [5.41, 5.74) is 3.27. The van der Waals surface area contributed by atoms with Crippen molar-refractivity contribution in [3.63, 3.8) is 0 Å². The summed E-state index contributed by atoms with van der Waals surface area (Å²) < 4.78 is 37.4. The summed E-state index contributed by atoms with van der Waals surface area (Å²) in [6.07, 6.45) is 2.69. The average Bonchev–Trinajstić information content (AvgIpc) is 3.32. The number of rotatable bonds is 7. The van der Waals surface area contributed by atoms with Gasteiger partial charge in [0.15, 0.2) is 5.76 Å². The molecule has 27 heavy (non-hydrogen) atoms. The van der Waals surface area contributed by atoms with Crippen LogP contribution in [-0.4, -0.2) is 20.5 Å². The van der Waals surface area contributed by atoms with Gasteiger partial charge < -0.3 is 8.83 Å². The monoisotopic (exact) mass is 387 g/mol. The SMILES string of the molecule is Cc1ccc(S(=O)(=O)NCc2ccc(/C=N/NC(=O)c3ccco3)o2)cc1. The predicted molar refractivity (Wildman–Crippen MR) is 97.7 cm³/mol. The molecule has 3 rings (SSSR count). The zero-order valence-electron chi connectivity index (χ0n) is 14.4. The molecule has 140 valence electrons. The molecule has 1 amide bonds.